The number of fused-ring (bicyclic) bond motifs is 4. The van der Waals surface area contributed by atoms with Crippen LogP contribution in [0.3, 0.4) is 0 Å². The molecule has 0 fully saturated rings. The van der Waals surface area contributed by atoms with Crippen molar-refractivity contribution in [2.45, 2.75) is 51.6 Å². The molecule has 0 bridgehead atoms. The molecule has 1 aliphatic heterocycles. The number of hydrogen-bond donors (Lipinski definition) is 2. The van der Waals surface area contributed by atoms with Crippen LogP contribution in [0.4, 0.5) is 5.69 Å². The van der Waals surface area contributed by atoms with Gasteiger partial charge in [-0.05, 0) is 71.7 Å². The van der Waals surface area contributed by atoms with Gasteiger partial charge in [-0.15, -0.1) is 0 Å². The van der Waals surface area contributed by atoms with E-state index in [9.17, 15) is 14.4 Å². The van der Waals surface area contributed by atoms with Crippen LogP contribution < -0.4 is 30.3 Å². The van der Waals surface area contributed by atoms with Gasteiger partial charge in [0, 0.05) is 38.5 Å². The normalized spacial score (nSPS) is 15.3. The molecule has 2 N–H and O–H groups in total. The largest absolute Gasteiger partial charge is 0.493 e. The SMILES string of the molecule is COc1cc2c(c(OC)c1OC)-c1ccc(NCCCC(=O)N3CCc4ccccc4C3)c(=O)cc1C(NC(C)=O)CC2. The standard InChI is InChI=1S/C34H39N3O6/c1-21(38)36-27-13-11-23-18-30(41-2)33(42-3)34(43-4)32(23)25-12-14-28(29(39)19-26(25)27)35-16-7-10-31(40)37-17-15-22-8-5-6-9-24(22)20-37/h5-6,8-9,12,14,18-19,27H,7,10-11,13,15-17,20H2,1-4H3,(H,35,39)(H,36,38). The molecule has 1 aliphatic carbocycles. The minimum Gasteiger partial charge on any atom is -0.493 e. The number of carbonyl (C=O) groups is 2. The predicted molar refractivity (Wildman–Crippen MR) is 166 cm³/mol. The number of benzene rings is 2. The summed E-state index contributed by atoms with van der Waals surface area (Å²) in [6.45, 7) is 3.32. The maximum Gasteiger partial charge on any atom is 0.222 e. The highest BCUT2D eigenvalue weighted by Gasteiger charge is 2.29. The monoisotopic (exact) mass is 585 g/mol. The fraction of sp³-hybridized carbons (Fsp3) is 0.382. The molecule has 226 valence electrons. The van der Waals surface area contributed by atoms with Crippen LogP contribution in [-0.4, -0.2) is 51.1 Å². The van der Waals surface area contributed by atoms with Crippen LogP contribution in [0.2, 0.25) is 0 Å². The lowest BCUT2D eigenvalue weighted by molar-refractivity contribution is -0.132. The van der Waals surface area contributed by atoms with Gasteiger partial charge in [0.15, 0.2) is 11.5 Å². The zero-order valence-corrected chi connectivity index (χ0v) is 25.2. The molecule has 0 aromatic heterocycles. The second-order valence-electron chi connectivity index (χ2n) is 11.0. The Morgan fingerprint density at radius 3 is 2.42 bits per heavy atom. The van der Waals surface area contributed by atoms with Crippen molar-refractivity contribution in [2.24, 2.45) is 0 Å². The first-order valence-electron chi connectivity index (χ1n) is 14.7. The molecule has 5 rings (SSSR count). The summed E-state index contributed by atoms with van der Waals surface area (Å²) in [5.74, 6) is 1.46. The van der Waals surface area contributed by atoms with Gasteiger partial charge in [0.1, 0.15) is 0 Å². The van der Waals surface area contributed by atoms with Crippen molar-refractivity contribution in [1.29, 1.82) is 0 Å². The molecule has 3 aromatic rings. The van der Waals surface area contributed by atoms with E-state index in [2.05, 4.69) is 22.8 Å². The van der Waals surface area contributed by atoms with Crippen molar-refractivity contribution in [3.05, 3.63) is 81.0 Å². The number of rotatable bonds is 9. The number of hydrogen-bond acceptors (Lipinski definition) is 7. The van der Waals surface area contributed by atoms with Gasteiger partial charge >= 0.3 is 0 Å². The van der Waals surface area contributed by atoms with Crippen molar-refractivity contribution < 1.29 is 23.8 Å². The van der Waals surface area contributed by atoms with Gasteiger partial charge in [0.2, 0.25) is 23.0 Å². The van der Waals surface area contributed by atoms with E-state index in [4.69, 9.17) is 14.2 Å². The lowest BCUT2D eigenvalue weighted by Gasteiger charge is -2.29. The zero-order valence-electron chi connectivity index (χ0n) is 25.2. The molecule has 43 heavy (non-hydrogen) atoms. The Labute approximate surface area is 252 Å². The van der Waals surface area contributed by atoms with Crippen molar-refractivity contribution in [3.63, 3.8) is 0 Å². The highest BCUT2D eigenvalue weighted by Crippen LogP contribution is 2.50. The first-order chi connectivity index (χ1) is 20.8. The average Bonchev–Trinajstić information content (AvgIpc) is 3.26. The summed E-state index contributed by atoms with van der Waals surface area (Å²) in [4.78, 5) is 40.5. The van der Waals surface area contributed by atoms with Crippen LogP contribution in [0.1, 0.15) is 54.5 Å². The molecular formula is C34H39N3O6. The third kappa shape index (κ3) is 6.30. The summed E-state index contributed by atoms with van der Waals surface area (Å²) >= 11 is 0. The Morgan fingerprint density at radius 1 is 0.930 bits per heavy atom. The Balaban J connectivity index is 1.39. The summed E-state index contributed by atoms with van der Waals surface area (Å²) in [5.41, 5.74) is 6.00. The third-order valence-electron chi connectivity index (χ3n) is 8.28. The van der Waals surface area contributed by atoms with Crippen LogP contribution in [0.25, 0.3) is 11.1 Å². The van der Waals surface area contributed by atoms with E-state index < -0.39 is 0 Å². The summed E-state index contributed by atoms with van der Waals surface area (Å²) in [6.07, 6.45) is 3.09. The minimum atomic E-state index is -0.373. The van der Waals surface area contributed by atoms with Crippen LogP contribution in [0.15, 0.2) is 53.3 Å². The molecule has 0 saturated carbocycles. The molecule has 0 radical (unpaired) electrons. The molecule has 3 aromatic carbocycles. The molecule has 0 saturated heterocycles. The number of amides is 2. The summed E-state index contributed by atoms with van der Waals surface area (Å²) in [5, 5.41) is 6.27. The van der Waals surface area contributed by atoms with Gasteiger partial charge < -0.3 is 29.7 Å². The molecule has 1 unspecified atom stereocenters. The fourth-order valence-electron chi connectivity index (χ4n) is 6.18. The Kier molecular flexibility index (Phi) is 9.19. The van der Waals surface area contributed by atoms with Crippen LogP contribution in [-0.2, 0) is 29.0 Å². The molecule has 0 spiro atoms. The Bertz CT molecular complexity index is 1590. The molecule has 1 heterocycles. The van der Waals surface area contributed by atoms with E-state index in [1.807, 2.05) is 29.2 Å². The number of anilines is 1. The second-order valence-corrected chi connectivity index (χ2v) is 11.0. The molecule has 1 atom stereocenters. The van der Waals surface area contributed by atoms with Gasteiger partial charge in [0.05, 0.1) is 33.1 Å². The maximum atomic E-state index is 13.5. The topological polar surface area (TPSA) is 106 Å². The number of nitrogens with zero attached hydrogens (tertiary/aromatic N) is 1. The first kappa shape index (κ1) is 29.9. The van der Waals surface area contributed by atoms with Crippen molar-refractivity contribution >= 4 is 17.5 Å². The number of aryl methyl sites for hydroxylation is 1. The number of carbonyl (C=O) groups excluding carboxylic acids is 2. The average molecular weight is 586 g/mol. The van der Waals surface area contributed by atoms with Gasteiger partial charge in [0.25, 0.3) is 0 Å². The molecule has 2 aliphatic rings. The van der Waals surface area contributed by atoms with Crippen LogP contribution >= 0.6 is 0 Å². The number of nitrogens with one attached hydrogen (secondary N) is 2. The highest BCUT2D eigenvalue weighted by molar-refractivity contribution is 5.84. The van der Waals surface area contributed by atoms with E-state index in [1.165, 1.54) is 18.1 Å². The second kappa shape index (κ2) is 13.2. The van der Waals surface area contributed by atoms with Crippen molar-refractivity contribution in [1.82, 2.24) is 10.2 Å². The quantitative estimate of drug-likeness (QED) is 0.353. The van der Waals surface area contributed by atoms with E-state index in [0.717, 1.165) is 29.7 Å². The zero-order chi connectivity index (χ0) is 30.5. The van der Waals surface area contributed by atoms with E-state index >= 15 is 0 Å². The van der Waals surface area contributed by atoms with E-state index in [1.54, 1.807) is 33.5 Å². The number of ether oxygens (including phenoxy) is 3. The van der Waals surface area contributed by atoms with E-state index in [-0.39, 0.29) is 23.3 Å². The van der Waals surface area contributed by atoms with Gasteiger partial charge in [-0.25, -0.2) is 0 Å². The molecule has 9 nitrogen and oxygen atoms in total. The van der Waals surface area contributed by atoms with Crippen LogP contribution in [0.5, 0.6) is 17.2 Å². The van der Waals surface area contributed by atoms with Crippen molar-refractivity contribution in [3.8, 4) is 28.4 Å². The third-order valence-corrected chi connectivity index (χ3v) is 8.28. The smallest absolute Gasteiger partial charge is 0.222 e. The lowest BCUT2D eigenvalue weighted by atomic mass is 9.95. The molecular weight excluding hydrogens is 546 g/mol. The lowest BCUT2D eigenvalue weighted by Crippen LogP contribution is -2.36. The number of methoxy groups -OCH3 is 3. The fourth-order valence-corrected chi connectivity index (χ4v) is 6.18. The van der Waals surface area contributed by atoms with Gasteiger partial charge in [-0.1, -0.05) is 30.3 Å². The highest BCUT2D eigenvalue weighted by atomic mass is 16.5. The predicted octanol–water partition coefficient (Wildman–Crippen LogP) is 4.64. The maximum absolute atomic E-state index is 13.5. The van der Waals surface area contributed by atoms with Crippen molar-refractivity contribution in [2.75, 3.05) is 39.7 Å². The molecule has 9 heteroatoms. The minimum absolute atomic E-state index is 0.121. The van der Waals surface area contributed by atoms with Crippen LogP contribution in [0, 0.1) is 0 Å². The summed E-state index contributed by atoms with van der Waals surface area (Å²) in [6, 6.07) is 15.1. The molecule has 2 amide bonds. The first-order valence-corrected chi connectivity index (χ1v) is 14.7. The van der Waals surface area contributed by atoms with Gasteiger partial charge in [-0.2, -0.15) is 0 Å². The Morgan fingerprint density at radius 2 is 1.70 bits per heavy atom. The summed E-state index contributed by atoms with van der Waals surface area (Å²) < 4.78 is 17.1. The van der Waals surface area contributed by atoms with E-state index in [0.29, 0.717) is 67.3 Å². The summed E-state index contributed by atoms with van der Waals surface area (Å²) in [7, 11) is 4.71. The Hall–Kier alpha value is -4.53. The van der Waals surface area contributed by atoms with Gasteiger partial charge in [-0.3, -0.25) is 14.4 Å².